The molecule has 0 spiro atoms. The molecule has 3 rings (SSSR count). The summed E-state index contributed by atoms with van der Waals surface area (Å²) in [4.78, 5) is 0. The van der Waals surface area contributed by atoms with Crippen molar-refractivity contribution in [3.8, 4) is 0 Å². The summed E-state index contributed by atoms with van der Waals surface area (Å²) in [6.07, 6.45) is 6.97. The van der Waals surface area contributed by atoms with Crippen molar-refractivity contribution in [2.75, 3.05) is 0 Å². The molecule has 0 saturated heterocycles. The van der Waals surface area contributed by atoms with Crippen LogP contribution in [-0.4, -0.2) is 20.8 Å². The molecule has 0 amide bonds. The third-order valence-electron chi connectivity index (χ3n) is 4.37. The van der Waals surface area contributed by atoms with Crippen LogP contribution in [0.2, 0.25) is 0 Å². The summed E-state index contributed by atoms with van der Waals surface area (Å²) in [5, 5.41) is 3.05. The van der Waals surface area contributed by atoms with Crippen molar-refractivity contribution >= 4 is 31.2 Å². The Kier molecular flexibility index (Phi) is 4.61. The fourth-order valence-corrected chi connectivity index (χ4v) is 9.64. The number of benzene rings is 2. The third-order valence-corrected chi connectivity index (χ3v) is 12.6. The van der Waals surface area contributed by atoms with Crippen molar-refractivity contribution in [1.82, 2.24) is 0 Å². The van der Waals surface area contributed by atoms with Gasteiger partial charge in [-0.2, -0.15) is 0 Å². The molecule has 20 heavy (non-hydrogen) atoms. The Morgan fingerprint density at radius 1 is 0.700 bits per heavy atom. The SMILES string of the molecule is [Se]=P(c1ccccc1)(c1ccccc1)C1CCCCC1. The maximum absolute atomic E-state index is 3.70. The molecule has 2 aromatic carbocycles. The van der Waals surface area contributed by atoms with Gasteiger partial charge in [0.15, 0.2) is 0 Å². The van der Waals surface area contributed by atoms with Gasteiger partial charge in [0, 0.05) is 0 Å². The van der Waals surface area contributed by atoms with E-state index >= 15 is 0 Å². The van der Waals surface area contributed by atoms with E-state index in [2.05, 4.69) is 75.8 Å². The van der Waals surface area contributed by atoms with Crippen LogP contribution >= 0.6 is 5.51 Å². The molecule has 0 atom stereocenters. The van der Waals surface area contributed by atoms with Crippen LogP contribution in [-0.2, 0) is 0 Å². The first-order valence-electron chi connectivity index (χ1n) is 7.53. The molecule has 0 heterocycles. The zero-order valence-corrected chi connectivity index (χ0v) is 14.3. The van der Waals surface area contributed by atoms with E-state index in [1.807, 2.05) is 0 Å². The van der Waals surface area contributed by atoms with Gasteiger partial charge in [-0.05, 0) is 0 Å². The zero-order valence-electron chi connectivity index (χ0n) is 11.7. The molecule has 1 saturated carbocycles. The van der Waals surface area contributed by atoms with Crippen LogP contribution in [0.4, 0.5) is 0 Å². The van der Waals surface area contributed by atoms with Crippen molar-refractivity contribution in [1.29, 1.82) is 0 Å². The van der Waals surface area contributed by atoms with E-state index in [0.717, 1.165) is 5.66 Å². The van der Waals surface area contributed by atoms with Crippen molar-refractivity contribution in [2.24, 2.45) is 0 Å². The first kappa shape index (κ1) is 14.3. The Balaban J connectivity index is 2.10. The van der Waals surface area contributed by atoms with Crippen LogP contribution < -0.4 is 10.6 Å². The summed E-state index contributed by atoms with van der Waals surface area (Å²) in [6.45, 7) is 0. The van der Waals surface area contributed by atoms with Crippen LogP contribution in [0, 0.1) is 0 Å². The van der Waals surface area contributed by atoms with Gasteiger partial charge in [0.1, 0.15) is 0 Å². The van der Waals surface area contributed by atoms with Crippen LogP contribution in [0.3, 0.4) is 0 Å². The quantitative estimate of drug-likeness (QED) is 0.580. The molecule has 1 aliphatic carbocycles. The second-order valence-electron chi connectivity index (χ2n) is 5.62. The monoisotopic (exact) mass is 348 g/mol. The zero-order chi connectivity index (χ0) is 13.8. The molecule has 104 valence electrons. The second-order valence-corrected chi connectivity index (χ2v) is 12.3. The predicted octanol–water partition coefficient (Wildman–Crippen LogP) is 4.07. The van der Waals surface area contributed by atoms with Crippen LogP contribution in [0.25, 0.3) is 0 Å². The van der Waals surface area contributed by atoms with Crippen molar-refractivity contribution in [2.45, 2.75) is 37.8 Å². The Labute approximate surface area is 129 Å². The van der Waals surface area contributed by atoms with Gasteiger partial charge in [-0.15, -0.1) is 0 Å². The first-order chi connectivity index (χ1) is 9.82. The molecular weight excluding hydrogens is 326 g/mol. The summed E-state index contributed by atoms with van der Waals surface area (Å²) >= 11 is 3.70. The standard InChI is InChI=1S/C18H21PSe/c20-19(16-10-4-1-5-11-16,17-12-6-2-7-13-17)18-14-8-3-9-15-18/h1-2,4-7,10-13,18H,3,8-9,14-15H2. The van der Waals surface area contributed by atoms with Gasteiger partial charge in [0.25, 0.3) is 0 Å². The summed E-state index contributed by atoms with van der Waals surface area (Å²) in [5.41, 5.74) is -0.554. The van der Waals surface area contributed by atoms with E-state index in [-0.39, 0.29) is 0 Å². The number of rotatable bonds is 3. The summed E-state index contributed by atoms with van der Waals surface area (Å²) < 4.78 is 0. The van der Waals surface area contributed by atoms with E-state index in [1.165, 1.54) is 42.7 Å². The molecule has 0 N–H and O–H groups in total. The fraction of sp³-hybridized carbons (Fsp3) is 0.333. The van der Waals surface area contributed by atoms with Crippen LogP contribution in [0.15, 0.2) is 60.7 Å². The molecule has 0 nitrogen and oxygen atoms in total. The van der Waals surface area contributed by atoms with E-state index < -0.39 is 5.51 Å². The van der Waals surface area contributed by atoms with E-state index in [0.29, 0.717) is 0 Å². The molecule has 0 radical (unpaired) electrons. The van der Waals surface area contributed by atoms with Gasteiger partial charge in [0.2, 0.25) is 0 Å². The third kappa shape index (κ3) is 2.73. The van der Waals surface area contributed by atoms with Crippen molar-refractivity contribution in [3.05, 3.63) is 60.7 Å². The number of hydrogen-bond donors (Lipinski definition) is 0. The molecule has 2 heteroatoms. The Bertz CT molecular complexity index is 542. The summed E-state index contributed by atoms with van der Waals surface area (Å²) in [7, 11) is 0. The molecule has 0 aliphatic heterocycles. The Morgan fingerprint density at radius 2 is 1.15 bits per heavy atom. The Morgan fingerprint density at radius 3 is 1.60 bits per heavy atom. The minimum absolute atomic E-state index is 0.820. The van der Waals surface area contributed by atoms with Gasteiger partial charge >= 0.3 is 130 Å². The molecule has 0 bridgehead atoms. The van der Waals surface area contributed by atoms with Gasteiger partial charge in [-0.3, -0.25) is 0 Å². The molecule has 0 unspecified atom stereocenters. The van der Waals surface area contributed by atoms with Gasteiger partial charge < -0.3 is 0 Å². The molecular formula is C18H21PSe. The summed E-state index contributed by atoms with van der Waals surface area (Å²) in [6, 6.07) is 22.3. The topological polar surface area (TPSA) is 0 Å². The first-order valence-corrected chi connectivity index (χ1v) is 11.6. The van der Waals surface area contributed by atoms with E-state index in [4.69, 9.17) is 0 Å². The van der Waals surface area contributed by atoms with Gasteiger partial charge in [0.05, 0.1) is 0 Å². The molecule has 2 aromatic rings. The average Bonchev–Trinajstić information content (AvgIpc) is 2.56. The second kappa shape index (κ2) is 6.44. The van der Waals surface area contributed by atoms with Crippen LogP contribution in [0.5, 0.6) is 0 Å². The van der Waals surface area contributed by atoms with E-state index in [9.17, 15) is 0 Å². The maximum atomic E-state index is 3.70. The van der Waals surface area contributed by atoms with Gasteiger partial charge in [-0.25, -0.2) is 0 Å². The minimum atomic E-state index is -1.37. The van der Waals surface area contributed by atoms with Gasteiger partial charge in [-0.1, -0.05) is 0 Å². The predicted molar refractivity (Wildman–Crippen MR) is 91.7 cm³/mol. The average molecular weight is 347 g/mol. The molecule has 1 fully saturated rings. The summed E-state index contributed by atoms with van der Waals surface area (Å²) in [5.74, 6) is 0. The van der Waals surface area contributed by atoms with E-state index in [1.54, 1.807) is 0 Å². The Hall–Kier alpha value is -0.611. The number of hydrogen-bond acceptors (Lipinski definition) is 0. The normalized spacial score (nSPS) is 17.0. The van der Waals surface area contributed by atoms with Crippen molar-refractivity contribution < 1.29 is 0 Å². The molecule has 1 aliphatic rings. The van der Waals surface area contributed by atoms with Crippen molar-refractivity contribution in [3.63, 3.8) is 0 Å². The molecule has 0 aromatic heterocycles. The fourth-order valence-electron chi connectivity index (χ4n) is 3.31. The van der Waals surface area contributed by atoms with Crippen LogP contribution in [0.1, 0.15) is 32.1 Å².